The number of anilines is 2. The molecule has 0 saturated carbocycles. The van der Waals surface area contributed by atoms with Gasteiger partial charge in [0.1, 0.15) is 5.82 Å². The van der Waals surface area contributed by atoms with Crippen molar-refractivity contribution in [1.29, 1.82) is 0 Å². The maximum absolute atomic E-state index is 10.5. The number of benzene rings is 1. The Kier molecular flexibility index (Phi) is 4.00. The van der Waals surface area contributed by atoms with Crippen molar-refractivity contribution in [2.24, 2.45) is 5.29 Å². The average molecular weight is 318 g/mol. The Balaban J connectivity index is 1.98. The van der Waals surface area contributed by atoms with Crippen LogP contribution in [0, 0.1) is 4.91 Å². The Bertz CT molecular complexity index is 730. The molecule has 122 valence electrons. The molecule has 1 fully saturated rings. The van der Waals surface area contributed by atoms with Crippen LogP contribution in [0.25, 0.3) is 10.9 Å². The van der Waals surface area contributed by atoms with Crippen LogP contribution in [-0.4, -0.2) is 55.4 Å². The van der Waals surface area contributed by atoms with Gasteiger partial charge in [0, 0.05) is 24.5 Å². The van der Waals surface area contributed by atoms with Crippen LogP contribution in [0.4, 0.5) is 11.8 Å². The number of methoxy groups -OCH3 is 2. The van der Waals surface area contributed by atoms with Gasteiger partial charge in [-0.15, -0.1) is 4.91 Å². The molecule has 9 nitrogen and oxygen atoms in total. The summed E-state index contributed by atoms with van der Waals surface area (Å²) in [7, 11) is 3.14. The SMILES string of the molecule is COc1cc2nc(N3CCN(N=O)CC3)nc(N)c2cc1OC. The Hall–Kier alpha value is -2.84. The normalized spacial score (nSPS) is 14.9. The van der Waals surface area contributed by atoms with E-state index in [2.05, 4.69) is 15.3 Å². The minimum absolute atomic E-state index is 0.377. The van der Waals surface area contributed by atoms with Crippen LogP contribution in [0.15, 0.2) is 17.4 Å². The van der Waals surface area contributed by atoms with Gasteiger partial charge in [-0.05, 0) is 6.07 Å². The molecule has 23 heavy (non-hydrogen) atoms. The van der Waals surface area contributed by atoms with Gasteiger partial charge >= 0.3 is 0 Å². The summed E-state index contributed by atoms with van der Waals surface area (Å²) >= 11 is 0. The zero-order chi connectivity index (χ0) is 16.4. The van der Waals surface area contributed by atoms with E-state index >= 15 is 0 Å². The fraction of sp³-hybridized carbons (Fsp3) is 0.429. The van der Waals surface area contributed by atoms with Crippen LogP contribution < -0.4 is 20.1 Å². The van der Waals surface area contributed by atoms with Gasteiger partial charge in [-0.2, -0.15) is 4.98 Å². The molecule has 2 N–H and O–H groups in total. The van der Waals surface area contributed by atoms with Crippen LogP contribution in [0.5, 0.6) is 11.5 Å². The number of nitrogens with zero attached hydrogens (tertiary/aromatic N) is 5. The number of rotatable bonds is 4. The van der Waals surface area contributed by atoms with Gasteiger partial charge in [-0.25, -0.2) is 4.98 Å². The van der Waals surface area contributed by atoms with E-state index in [1.54, 1.807) is 26.4 Å². The van der Waals surface area contributed by atoms with Crippen LogP contribution in [0.3, 0.4) is 0 Å². The van der Waals surface area contributed by atoms with E-state index in [0.717, 1.165) is 0 Å². The van der Waals surface area contributed by atoms with Gasteiger partial charge < -0.3 is 20.1 Å². The van der Waals surface area contributed by atoms with Crippen LogP contribution in [0.2, 0.25) is 0 Å². The molecular formula is C14H18N6O3. The molecule has 0 radical (unpaired) electrons. The van der Waals surface area contributed by atoms with Crippen LogP contribution >= 0.6 is 0 Å². The van der Waals surface area contributed by atoms with Gasteiger partial charge in [-0.1, -0.05) is 0 Å². The number of hydrogen-bond donors (Lipinski definition) is 1. The molecule has 0 bridgehead atoms. The highest BCUT2D eigenvalue weighted by molar-refractivity contribution is 5.91. The second-order valence-corrected chi connectivity index (χ2v) is 5.16. The molecule has 0 unspecified atom stereocenters. The second-order valence-electron chi connectivity index (χ2n) is 5.16. The molecular weight excluding hydrogens is 300 g/mol. The number of fused-ring (bicyclic) bond motifs is 1. The number of hydrogen-bond acceptors (Lipinski definition) is 8. The Morgan fingerprint density at radius 1 is 1.09 bits per heavy atom. The molecule has 2 aromatic rings. The zero-order valence-electron chi connectivity index (χ0n) is 13.0. The first kappa shape index (κ1) is 15.1. The molecule has 3 rings (SSSR count). The van der Waals surface area contributed by atoms with Crippen molar-refractivity contribution in [1.82, 2.24) is 15.0 Å². The third-order valence-electron chi connectivity index (χ3n) is 3.87. The molecule has 2 heterocycles. The highest BCUT2D eigenvalue weighted by Gasteiger charge is 2.20. The predicted molar refractivity (Wildman–Crippen MR) is 86.6 cm³/mol. The number of aromatic nitrogens is 2. The standard InChI is InChI=1S/C14H18N6O3/c1-22-11-7-9-10(8-12(11)23-2)16-14(17-13(9)15)19-3-5-20(18-21)6-4-19/h7-8H,3-6H2,1-2H3,(H2,15,16,17). The Labute approximate surface area is 132 Å². The molecule has 1 aromatic carbocycles. The molecule has 0 spiro atoms. The van der Waals surface area contributed by atoms with E-state index in [-0.39, 0.29) is 0 Å². The Morgan fingerprint density at radius 2 is 1.74 bits per heavy atom. The molecule has 0 atom stereocenters. The van der Waals surface area contributed by atoms with E-state index in [9.17, 15) is 4.91 Å². The summed E-state index contributed by atoms with van der Waals surface area (Å²) in [5.74, 6) is 2.07. The van der Waals surface area contributed by atoms with Crippen molar-refractivity contribution in [2.75, 3.05) is 51.0 Å². The molecule has 1 saturated heterocycles. The van der Waals surface area contributed by atoms with Crippen molar-refractivity contribution < 1.29 is 9.47 Å². The minimum Gasteiger partial charge on any atom is -0.493 e. The van der Waals surface area contributed by atoms with E-state index < -0.39 is 0 Å². The van der Waals surface area contributed by atoms with Gasteiger partial charge in [-0.3, -0.25) is 5.01 Å². The summed E-state index contributed by atoms with van der Waals surface area (Å²) < 4.78 is 10.6. The molecule has 1 aliphatic heterocycles. The van der Waals surface area contributed by atoms with Gasteiger partial charge in [0.25, 0.3) is 0 Å². The quantitative estimate of drug-likeness (QED) is 0.833. The lowest BCUT2D eigenvalue weighted by atomic mass is 10.2. The maximum atomic E-state index is 10.5. The maximum Gasteiger partial charge on any atom is 0.228 e. The molecule has 0 aliphatic carbocycles. The van der Waals surface area contributed by atoms with Crippen molar-refractivity contribution in [3.05, 3.63) is 17.0 Å². The summed E-state index contributed by atoms with van der Waals surface area (Å²) in [6, 6.07) is 3.54. The summed E-state index contributed by atoms with van der Waals surface area (Å²) in [5, 5.41) is 5.13. The second kappa shape index (κ2) is 6.11. The minimum atomic E-state index is 0.377. The molecule has 9 heteroatoms. The average Bonchev–Trinajstić information content (AvgIpc) is 2.60. The van der Waals surface area contributed by atoms with Crippen molar-refractivity contribution in [2.45, 2.75) is 0 Å². The highest BCUT2D eigenvalue weighted by Crippen LogP contribution is 2.34. The predicted octanol–water partition coefficient (Wildman–Crippen LogP) is 1.03. The fourth-order valence-corrected chi connectivity index (χ4v) is 2.59. The summed E-state index contributed by atoms with van der Waals surface area (Å²) in [6.45, 7) is 2.31. The first-order chi connectivity index (χ1) is 11.2. The number of ether oxygens (including phenoxy) is 2. The van der Waals surface area contributed by atoms with E-state index in [1.165, 1.54) is 5.01 Å². The monoisotopic (exact) mass is 318 g/mol. The lowest BCUT2D eigenvalue weighted by molar-refractivity contribution is 0.265. The smallest absolute Gasteiger partial charge is 0.228 e. The number of nitroso groups, excluding NO2 is 1. The molecule has 0 amide bonds. The lowest BCUT2D eigenvalue weighted by Crippen LogP contribution is -2.44. The lowest BCUT2D eigenvalue weighted by Gasteiger charge is -2.31. The largest absolute Gasteiger partial charge is 0.493 e. The Morgan fingerprint density at radius 3 is 2.35 bits per heavy atom. The van der Waals surface area contributed by atoms with Crippen LogP contribution in [0.1, 0.15) is 0 Å². The van der Waals surface area contributed by atoms with E-state index in [0.29, 0.717) is 60.3 Å². The van der Waals surface area contributed by atoms with Gasteiger partial charge in [0.15, 0.2) is 11.5 Å². The van der Waals surface area contributed by atoms with E-state index in [1.807, 2.05) is 4.90 Å². The zero-order valence-corrected chi connectivity index (χ0v) is 13.0. The third kappa shape index (κ3) is 2.77. The highest BCUT2D eigenvalue weighted by atomic mass is 16.5. The number of piperazine rings is 1. The fourth-order valence-electron chi connectivity index (χ4n) is 2.59. The van der Waals surface area contributed by atoms with Crippen LogP contribution in [-0.2, 0) is 0 Å². The molecule has 1 aliphatic rings. The molecule has 1 aromatic heterocycles. The third-order valence-corrected chi connectivity index (χ3v) is 3.87. The topological polar surface area (TPSA) is 106 Å². The van der Waals surface area contributed by atoms with Crippen molar-refractivity contribution in [3.63, 3.8) is 0 Å². The number of nitrogens with two attached hydrogens (primary N) is 1. The summed E-state index contributed by atoms with van der Waals surface area (Å²) in [4.78, 5) is 21.5. The van der Waals surface area contributed by atoms with E-state index in [4.69, 9.17) is 15.2 Å². The van der Waals surface area contributed by atoms with Gasteiger partial charge in [0.2, 0.25) is 5.95 Å². The number of nitrogen functional groups attached to an aromatic ring is 1. The summed E-state index contributed by atoms with van der Waals surface area (Å²) in [5.41, 5.74) is 6.76. The van der Waals surface area contributed by atoms with Crippen molar-refractivity contribution in [3.8, 4) is 11.5 Å². The first-order valence-electron chi connectivity index (χ1n) is 7.18. The summed E-state index contributed by atoms with van der Waals surface area (Å²) in [6.07, 6.45) is 0. The van der Waals surface area contributed by atoms with Crippen molar-refractivity contribution >= 4 is 22.7 Å². The first-order valence-corrected chi connectivity index (χ1v) is 7.18. The van der Waals surface area contributed by atoms with Gasteiger partial charge in [0.05, 0.1) is 38.1 Å².